The van der Waals surface area contributed by atoms with E-state index < -0.39 is 29.3 Å². The Bertz CT molecular complexity index is 848. The molecule has 1 rings (SSSR count). The minimum atomic E-state index is -0.847. The number of ether oxygens (including phenoxy) is 1. The maximum atomic E-state index is 14.4. The summed E-state index contributed by atoms with van der Waals surface area (Å²) in [4.78, 5) is 42.6. The van der Waals surface area contributed by atoms with Crippen molar-refractivity contribution in [1.29, 1.82) is 0 Å². The fourth-order valence-electron chi connectivity index (χ4n) is 4.09. The first-order valence-electron chi connectivity index (χ1n) is 13.4. The molecule has 0 bridgehead atoms. The molecule has 36 heavy (non-hydrogen) atoms. The van der Waals surface area contributed by atoms with Crippen molar-refractivity contribution >= 4 is 17.9 Å². The number of hydrogen-bond donors (Lipinski definition) is 2. The lowest BCUT2D eigenvalue weighted by molar-refractivity contribution is -0.150. The average Bonchev–Trinajstić information content (AvgIpc) is 2.79. The molecule has 0 aliphatic rings. The summed E-state index contributed by atoms with van der Waals surface area (Å²) in [6.45, 7) is 19.2. The number of rotatable bonds is 12. The van der Waals surface area contributed by atoms with Crippen LogP contribution in [0.25, 0.3) is 0 Å². The number of hydrogen-bond acceptors (Lipinski definition) is 4. The zero-order valence-electron chi connectivity index (χ0n) is 24.1. The molecule has 4 unspecified atom stereocenters. The maximum Gasteiger partial charge on any atom is 0.408 e. The Morgan fingerprint density at radius 1 is 0.944 bits per heavy atom. The predicted octanol–water partition coefficient (Wildman–Crippen LogP) is 5.99. The first-order valence-corrected chi connectivity index (χ1v) is 13.4. The third-order valence-electron chi connectivity index (χ3n) is 6.64. The van der Waals surface area contributed by atoms with Gasteiger partial charge in [-0.3, -0.25) is 9.59 Å². The molecule has 3 amide bonds. The molecular formula is C29H49N3O4. The van der Waals surface area contributed by atoms with Gasteiger partial charge >= 0.3 is 6.09 Å². The van der Waals surface area contributed by atoms with Crippen molar-refractivity contribution < 1.29 is 19.1 Å². The van der Waals surface area contributed by atoms with Gasteiger partial charge in [0.05, 0.1) is 0 Å². The van der Waals surface area contributed by atoms with Crippen LogP contribution in [0.3, 0.4) is 0 Å². The van der Waals surface area contributed by atoms with E-state index in [-0.39, 0.29) is 23.8 Å². The second kappa shape index (κ2) is 13.7. The van der Waals surface area contributed by atoms with Gasteiger partial charge < -0.3 is 20.3 Å². The second-order valence-electron chi connectivity index (χ2n) is 11.4. The van der Waals surface area contributed by atoms with Gasteiger partial charge in [-0.25, -0.2) is 4.79 Å². The first kappa shape index (κ1) is 31.5. The Kier molecular flexibility index (Phi) is 11.9. The summed E-state index contributed by atoms with van der Waals surface area (Å²) in [6.07, 6.45) is 2.43. The number of benzene rings is 1. The highest BCUT2D eigenvalue weighted by molar-refractivity contribution is 5.93. The van der Waals surface area contributed by atoms with Gasteiger partial charge in [0.2, 0.25) is 11.8 Å². The summed E-state index contributed by atoms with van der Waals surface area (Å²) in [5, 5.41) is 5.94. The minimum absolute atomic E-state index is 0.0272. The second-order valence-corrected chi connectivity index (χ2v) is 11.4. The third-order valence-corrected chi connectivity index (χ3v) is 6.64. The quantitative estimate of drug-likeness (QED) is 0.367. The fourth-order valence-corrected chi connectivity index (χ4v) is 4.09. The van der Waals surface area contributed by atoms with Gasteiger partial charge in [0.15, 0.2) is 0 Å². The summed E-state index contributed by atoms with van der Waals surface area (Å²) in [7, 11) is 0. The van der Waals surface area contributed by atoms with Crippen molar-refractivity contribution in [2.75, 3.05) is 0 Å². The zero-order chi connectivity index (χ0) is 27.7. The molecule has 0 spiro atoms. The van der Waals surface area contributed by atoms with Crippen LogP contribution in [-0.4, -0.2) is 46.0 Å². The van der Waals surface area contributed by atoms with Crippen LogP contribution in [-0.2, 0) is 14.3 Å². The zero-order valence-corrected chi connectivity index (χ0v) is 24.1. The molecule has 0 saturated carbocycles. The Morgan fingerprint density at radius 2 is 1.53 bits per heavy atom. The molecule has 1 aromatic rings. The molecule has 0 fully saturated rings. The van der Waals surface area contributed by atoms with Crippen LogP contribution >= 0.6 is 0 Å². The Hall–Kier alpha value is -2.57. The van der Waals surface area contributed by atoms with Crippen molar-refractivity contribution in [3.63, 3.8) is 0 Å². The van der Waals surface area contributed by atoms with Crippen LogP contribution in [0, 0.1) is 5.92 Å². The molecule has 0 saturated heterocycles. The molecule has 204 valence electrons. The normalized spacial score (nSPS) is 15.3. The third kappa shape index (κ3) is 9.14. The Balaban J connectivity index is 3.60. The van der Waals surface area contributed by atoms with E-state index in [1.807, 2.05) is 71.9 Å². The van der Waals surface area contributed by atoms with Gasteiger partial charge in [-0.1, -0.05) is 70.9 Å². The van der Waals surface area contributed by atoms with Crippen LogP contribution in [0.4, 0.5) is 4.79 Å². The van der Waals surface area contributed by atoms with Crippen molar-refractivity contribution in [1.82, 2.24) is 15.5 Å². The highest BCUT2D eigenvalue weighted by atomic mass is 16.6. The maximum absolute atomic E-state index is 14.4. The van der Waals surface area contributed by atoms with E-state index in [1.165, 1.54) is 0 Å². The number of nitrogens with zero attached hydrogens (tertiary/aromatic N) is 1. The van der Waals surface area contributed by atoms with E-state index in [1.54, 1.807) is 25.7 Å². The summed E-state index contributed by atoms with van der Waals surface area (Å²) in [5.41, 5.74) is -0.629. The van der Waals surface area contributed by atoms with Gasteiger partial charge in [0.1, 0.15) is 17.7 Å². The lowest BCUT2D eigenvalue weighted by Crippen LogP contribution is -2.61. The molecule has 2 N–H and O–H groups in total. The van der Waals surface area contributed by atoms with Gasteiger partial charge in [0.25, 0.3) is 0 Å². The average molecular weight is 504 g/mol. The van der Waals surface area contributed by atoms with Crippen LogP contribution in [0.5, 0.6) is 0 Å². The molecule has 0 aliphatic heterocycles. The van der Waals surface area contributed by atoms with Crippen LogP contribution in [0.2, 0.25) is 0 Å². The summed E-state index contributed by atoms with van der Waals surface area (Å²) < 4.78 is 5.48. The van der Waals surface area contributed by atoms with Crippen molar-refractivity contribution in [3.05, 3.63) is 35.9 Å². The van der Waals surface area contributed by atoms with E-state index in [0.717, 1.165) is 18.4 Å². The van der Waals surface area contributed by atoms with E-state index in [0.29, 0.717) is 12.8 Å². The Morgan fingerprint density at radius 3 is 2.00 bits per heavy atom. The first-order chi connectivity index (χ1) is 16.7. The number of carbonyl (C=O) groups excluding carboxylic acids is 3. The largest absolute Gasteiger partial charge is 0.444 e. The number of amides is 3. The molecule has 7 heteroatoms. The van der Waals surface area contributed by atoms with Crippen LogP contribution < -0.4 is 10.6 Å². The van der Waals surface area contributed by atoms with Gasteiger partial charge in [-0.05, 0) is 65.9 Å². The van der Waals surface area contributed by atoms with E-state index >= 15 is 0 Å². The van der Waals surface area contributed by atoms with Gasteiger partial charge in [0, 0.05) is 11.6 Å². The predicted molar refractivity (Wildman–Crippen MR) is 146 cm³/mol. The smallest absolute Gasteiger partial charge is 0.408 e. The Labute approximate surface area is 218 Å². The topological polar surface area (TPSA) is 87.7 Å². The molecule has 0 aliphatic carbocycles. The number of alkyl carbamates (subject to hydrolysis) is 1. The molecule has 0 heterocycles. The molecule has 7 nitrogen and oxygen atoms in total. The monoisotopic (exact) mass is 503 g/mol. The fraction of sp³-hybridized carbons (Fsp3) is 0.690. The van der Waals surface area contributed by atoms with Gasteiger partial charge in [-0.15, -0.1) is 0 Å². The van der Waals surface area contributed by atoms with E-state index in [4.69, 9.17) is 4.74 Å². The number of carbonyl (C=O) groups is 3. The standard InChI is InChI=1S/C29H49N3O4/c1-11-17-21(5)30-25(33)24(22-18-15-14-16-19-22)32(29(9,10)13-3)26(34)23(20(4)12-2)31-27(35)36-28(6,7)8/h14-16,18-21,23-24H,11-13,17H2,1-10H3,(H,30,33)(H,31,35). The minimum Gasteiger partial charge on any atom is -0.444 e. The lowest BCUT2D eigenvalue weighted by atomic mass is 9.89. The van der Waals surface area contributed by atoms with Crippen LogP contribution in [0.15, 0.2) is 30.3 Å². The molecule has 0 radical (unpaired) electrons. The van der Waals surface area contributed by atoms with Crippen molar-refractivity contribution in [2.24, 2.45) is 5.92 Å². The molecule has 0 aromatic heterocycles. The number of nitrogens with one attached hydrogen (secondary N) is 2. The summed E-state index contributed by atoms with van der Waals surface area (Å²) in [6, 6.07) is 7.67. The lowest BCUT2D eigenvalue weighted by Gasteiger charge is -2.45. The molecule has 4 atom stereocenters. The SMILES string of the molecule is CCCC(C)NC(=O)C(c1ccccc1)N(C(=O)C(NC(=O)OC(C)(C)C)C(C)CC)C(C)(C)CC. The van der Waals surface area contributed by atoms with E-state index in [9.17, 15) is 14.4 Å². The highest BCUT2D eigenvalue weighted by Crippen LogP contribution is 2.33. The van der Waals surface area contributed by atoms with E-state index in [2.05, 4.69) is 17.6 Å². The summed E-state index contributed by atoms with van der Waals surface area (Å²) in [5.74, 6) is -0.690. The van der Waals surface area contributed by atoms with Crippen molar-refractivity contribution in [2.45, 2.75) is 124 Å². The highest BCUT2D eigenvalue weighted by Gasteiger charge is 2.44. The molecule has 1 aromatic carbocycles. The summed E-state index contributed by atoms with van der Waals surface area (Å²) >= 11 is 0. The van der Waals surface area contributed by atoms with Gasteiger partial charge in [-0.2, -0.15) is 0 Å². The molecular weight excluding hydrogens is 454 g/mol. The van der Waals surface area contributed by atoms with Crippen LogP contribution in [0.1, 0.15) is 107 Å². The van der Waals surface area contributed by atoms with Crippen molar-refractivity contribution in [3.8, 4) is 0 Å².